The summed E-state index contributed by atoms with van der Waals surface area (Å²) in [4.78, 5) is 0. The third-order valence-corrected chi connectivity index (χ3v) is 2.75. The van der Waals surface area contributed by atoms with Crippen LogP contribution in [0.15, 0.2) is 24.3 Å². The number of hydrogen-bond acceptors (Lipinski definition) is 2. The Morgan fingerprint density at radius 2 is 1.50 bits per heavy atom. The van der Waals surface area contributed by atoms with Crippen LogP contribution in [0.25, 0.3) is 0 Å². The standard InChI is InChI=1S/C16H27NO/c1-15(2,3)13-7-9-14(10-8-13)18-12-11-17-16(4,5)6/h7-10,17H,11-12H2,1-6H3. The average Bonchev–Trinajstić information content (AvgIpc) is 2.22. The summed E-state index contributed by atoms with van der Waals surface area (Å²) in [6.45, 7) is 14.7. The average molecular weight is 249 g/mol. The second-order valence-electron chi connectivity index (χ2n) is 6.80. The zero-order valence-corrected chi connectivity index (χ0v) is 12.6. The molecule has 0 aliphatic carbocycles. The highest BCUT2D eigenvalue weighted by molar-refractivity contribution is 5.31. The van der Waals surface area contributed by atoms with Crippen LogP contribution in [-0.2, 0) is 5.41 Å². The summed E-state index contributed by atoms with van der Waals surface area (Å²) in [7, 11) is 0. The maximum Gasteiger partial charge on any atom is 0.119 e. The van der Waals surface area contributed by atoms with E-state index in [-0.39, 0.29) is 11.0 Å². The van der Waals surface area contributed by atoms with E-state index in [2.05, 4.69) is 71.1 Å². The largest absolute Gasteiger partial charge is 0.492 e. The molecule has 2 heteroatoms. The summed E-state index contributed by atoms with van der Waals surface area (Å²) in [5.74, 6) is 0.943. The van der Waals surface area contributed by atoms with Gasteiger partial charge >= 0.3 is 0 Å². The highest BCUT2D eigenvalue weighted by Gasteiger charge is 2.13. The lowest BCUT2D eigenvalue weighted by atomic mass is 9.87. The quantitative estimate of drug-likeness (QED) is 0.821. The second-order valence-corrected chi connectivity index (χ2v) is 6.80. The van der Waals surface area contributed by atoms with E-state index in [1.54, 1.807) is 0 Å². The molecule has 0 unspecified atom stereocenters. The zero-order valence-electron chi connectivity index (χ0n) is 12.6. The fourth-order valence-electron chi connectivity index (χ4n) is 1.65. The Morgan fingerprint density at radius 3 is 1.94 bits per heavy atom. The molecule has 1 rings (SSSR count). The first-order valence-electron chi connectivity index (χ1n) is 6.67. The number of benzene rings is 1. The molecule has 2 nitrogen and oxygen atoms in total. The molecule has 0 aliphatic rings. The molecular weight excluding hydrogens is 222 g/mol. The van der Waals surface area contributed by atoms with Gasteiger partial charge in [0.25, 0.3) is 0 Å². The third-order valence-electron chi connectivity index (χ3n) is 2.75. The molecule has 0 saturated heterocycles. The summed E-state index contributed by atoms with van der Waals surface area (Å²) < 4.78 is 5.71. The summed E-state index contributed by atoms with van der Waals surface area (Å²) in [5.41, 5.74) is 1.69. The van der Waals surface area contributed by atoms with Crippen molar-refractivity contribution in [2.75, 3.05) is 13.2 Å². The molecular formula is C16H27NO. The molecule has 0 aliphatic heterocycles. The Balaban J connectivity index is 2.41. The van der Waals surface area contributed by atoms with Crippen molar-refractivity contribution < 1.29 is 4.74 Å². The van der Waals surface area contributed by atoms with Crippen molar-refractivity contribution in [1.82, 2.24) is 5.32 Å². The van der Waals surface area contributed by atoms with Gasteiger partial charge in [0.1, 0.15) is 12.4 Å². The molecule has 0 fully saturated rings. The van der Waals surface area contributed by atoms with E-state index in [4.69, 9.17) is 4.74 Å². The first-order valence-corrected chi connectivity index (χ1v) is 6.67. The number of nitrogens with one attached hydrogen (secondary N) is 1. The summed E-state index contributed by atoms with van der Waals surface area (Å²) in [5, 5.41) is 3.40. The Kier molecular flexibility index (Phi) is 4.80. The molecule has 0 saturated carbocycles. The van der Waals surface area contributed by atoms with Gasteiger partial charge in [-0.2, -0.15) is 0 Å². The lowest BCUT2D eigenvalue weighted by molar-refractivity contribution is 0.291. The van der Waals surface area contributed by atoms with Crippen molar-refractivity contribution in [2.45, 2.75) is 52.5 Å². The Hall–Kier alpha value is -1.02. The Labute approximate surface area is 112 Å². The highest BCUT2D eigenvalue weighted by atomic mass is 16.5. The molecule has 1 aromatic rings. The molecule has 0 aromatic heterocycles. The summed E-state index contributed by atoms with van der Waals surface area (Å²) in [6.07, 6.45) is 0. The van der Waals surface area contributed by atoms with Gasteiger partial charge < -0.3 is 10.1 Å². The van der Waals surface area contributed by atoms with Gasteiger partial charge in [0.2, 0.25) is 0 Å². The monoisotopic (exact) mass is 249 g/mol. The van der Waals surface area contributed by atoms with E-state index < -0.39 is 0 Å². The lowest BCUT2D eigenvalue weighted by Crippen LogP contribution is -2.38. The Morgan fingerprint density at radius 1 is 0.944 bits per heavy atom. The maximum atomic E-state index is 5.71. The number of ether oxygens (including phenoxy) is 1. The van der Waals surface area contributed by atoms with Crippen LogP contribution in [0.4, 0.5) is 0 Å². The van der Waals surface area contributed by atoms with Gasteiger partial charge in [-0.25, -0.2) is 0 Å². The van der Waals surface area contributed by atoms with Crippen LogP contribution < -0.4 is 10.1 Å². The van der Waals surface area contributed by atoms with E-state index in [1.807, 2.05) is 0 Å². The fraction of sp³-hybridized carbons (Fsp3) is 0.625. The van der Waals surface area contributed by atoms with Gasteiger partial charge in [-0.05, 0) is 43.9 Å². The third kappa shape index (κ3) is 5.54. The molecule has 0 radical (unpaired) electrons. The second kappa shape index (κ2) is 5.75. The minimum absolute atomic E-state index is 0.152. The van der Waals surface area contributed by atoms with Crippen LogP contribution in [0.1, 0.15) is 47.1 Å². The number of rotatable bonds is 4. The van der Waals surface area contributed by atoms with E-state index in [0.29, 0.717) is 6.61 Å². The van der Waals surface area contributed by atoms with Gasteiger partial charge in [0, 0.05) is 12.1 Å². The van der Waals surface area contributed by atoms with Crippen LogP contribution in [0, 0.1) is 0 Å². The van der Waals surface area contributed by atoms with Gasteiger partial charge in [-0.15, -0.1) is 0 Å². The van der Waals surface area contributed by atoms with Crippen molar-refractivity contribution in [3.8, 4) is 5.75 Å². The summed E-state index contributed by atoms with van der Waals surface area (Å²) >= 11 is 0. The smallest absolute Gasteiger partial charge is 0.119 e. The van der Waals surface area contributed by atoms with Crippen LogP contribution >= 0.6 is 0 Å². The molecule has 1 N–H and O–H groups in total. The van der Waals surface area contributed by atoms with Gasteiger partial charge in [-0.3, -0.25) is 0 Å². The topological polar surface area (TPSA) is 21.3 Å². The normalized spacial score (nSPS) is 12.6. The van der Waals surface area contributed by atoms with Crippen LogP contribution in [0.2, 0.25) is 0 Å². The highest BCUT2D eigenvalue weighted by Crippen LogP contribution is 2.24. The minimum atomic E-state index is 0.152. The Bertz CT molecular complexity index is 354. The molecule has 0 atom stereocenters. The van der Waals surface area contributed by atoms with Crippen molar-refractivity contribution in [3.05, 3.63) is 29.8 Å². The molecule has 102 valence electrons. The van der Waals surface area contributed by atoms with Crippen LogP contribution in [0.5, 0.6) is 5.75 Å². The van der Waals surface area contributed by atoms with Crippen LogP contribution in [-0.4, -0.2) is 18.7 Å². The van der Waals surface area contributed by atoms with E-state index in [1.165, 1.54) is 5.56 Å². The van der Waals surface area contributed by atoms with Crippen molar-refractivity contribution in [2.24, 2.45) is 0 Å². The van der Waals surface area contributed by atoms with E-state index in [0.717, 1.165) is 12.3 Å². The molecule has 1 aromatic carbocycles. The van der Waals surface area contributed by atoms with Gasteiger partial charge in [-0.1, -0.05) is 32.9 Å². The number of hydrogen-bond donors (Lipinski definition) is 1. The van der Waals surface area contributed by atoms with E-state index in [9.17, 15) is 0 Å². The van der Waals surface area contributed by atoms with E-state index >= 15 is 0 Å². The van der Waals surface area contributed by atoms with Crippen molar-refractivity contribution >= 4 is 0 Å². The molecule has 0 amide bonds. The molecule has 0 spiro atoms. The first-order chi connectivity index (χ1) is 8.18. The van der Waals surface area contributed by atoms with Crippen molar-refractivity contribution in [3.63, 3.8) is 0 Å². The predicted molar refractivity (Wildman–Crippen MR) is 78.4 cm³/mol. The fourth-order valence-corrected chi connectivity index (χ4v) is 1.65. The molecule has 18 heavy (non-hydrogen) atoms. The van der Waals surface area contributed by atoms with Crippen molar-refractivity contribution in [1.29, 1.82) is 0 Å². The summed E-state index contributed by atoms with van der Waals surface area (Å²) in [6, 6.07) is 8.40. The zero-order chi connectivity index (χ0) is 13.8. The minimum Gasteiger partial charge on any atom is -0.492 e. The maximum absolute atomic E-state index is 5.71. The molecule has 0 bridgehead atoms. The van der Waals surface area contributed by atoms with Gasteiger partial charge in [0.05, 0.1) is 0 Å². The van der Waals surface area contributed by atoms with Crippen LogP contribution in [0.3, 0.4) is 0 Å². The molecule has 0 heterocycles. The SMILES string of the molecule is CC(C)(C)NCCOc1ccc(C(C)(C)C)cc1. The first kappa shape index (κ1) is 15.0. The lowest BCUT2D eigenvalue weighted by Gasteiger charge is -2.21. The predicted octanol–water partition coefficient (Wildman–Crippen LogP) is 3.75. The van der Waals surface area contributed by atoms with Gasteiger partial charge in [0.15, 0.2) is 0 Å².